The minimum Gasteiger partial charge on any atom is -0.550 e. The van der Waals surface area contributed by atoms with Gasteiger partial charge in [-0.05, 0) is 12.1 Å². The highest BCUT2D eigenvalue weighted by molar-refractivity contribution is 6.20. The number of fused-ring (bicyclic) bond motifs is 1. The Bertz CT molecular complexity index is 943. The van der Waals surface area contributed by atoms with E-state index >= 15 is 0 Å². The molecule has 2 aromatic rings. The van der Waals surface area contributed by atoms with Crippen LogP contribution < -0.4 is 20.5 Å². The largest absolute Gasteiger partial charge is 0.550 e. The first-order valence-corrected chi connectivity index (χ1v) is 7.62. The molecule has 0 saturated carbocycles. The number of carbonyl (C=O) groups is 3. The van der Waals surface area contributed by atoms with Crippen LogP contribution in [-0.2, 0) is 20.8 Å². The van der Waals surface area contributed by atoms with E-state index < -0.39 is 29.8 Å². The number of benzene rings is 1. The molecule has 1 aliphatic heterocycles. The van der Waals surface area contributed by atoms with Gasteiger partial charge in [-0.2, -0.15) is 0 Å². The van der Waals surface area contributed by atoms with E-state index in [-0.39, 0.29) is 29.7 Å². The smallest absolute Gasteiger partial charge is 0.361 e. The van der Waals surface area contributed by atoms with Gasteiger partial charge in [-0.15, -0.1) is 0 Å². The summed E-state index contributed by atoms with van der Waals surface area (Å²) < 4.78 is 5.27. The monoisotopic (exact) mass is 343 g/mol. The molecule has 0 bridgehead atoms. The van der Waals surface area contributed by atoms with Crippen molar-refractivity contribution >= 4 is 40.1 Å². The van der Waals surface area contributed by atoms with Crippen LogP contribution in [0.15, 0.2) is 27.4 Å². The highest BCUT2D eigenvalue weighted by Gasteiger charge is 2.35. The number of hydrogen-bond donors (Lipinski definition) is 0. The summed E-state index contributed by atoms with van der Waals surface area (Å²) in [5, 5.41) is 11.5. The number of imide groups is 1. The van der Waals surface area contributed by atoms with Crippen LogP contribution >= 0.6 is 0 Å². The summed E-state index contributed by atoms with van der Waals surface area (Å²) in [7, 11) is 3.61. The van der Waals surface area contributed by atoms with Crippen molar-refractivity contribution in [2.24, 2.45) is 0 Å². The number of carboxylic acid groups (broad SMARTS) is 1. The van der Waals surface area contributed by atoms with Gasteiger partial charge in [0.1, 0.15) is 11.3 Å². The summed E-state index contributed by atoms with van der Waals surface area (Å²) in [4.78, 5) is 50.2. The van der Waals surface area contributed by atoms with Gasteiger partial charge in [0.25, 0.3) is 0 Å². The van der Waals surface area contributed by atoms with Gasteiger partial charge in [0.15, 0.2) is 0 Å². The van der Waals surface area contributed by atoms with E-state index in [0.717, 1.165) is 10.6 Å². The molecule has 1 saturated heterocycles. The average Bonchev–Trinajstić information content (AvgIpc) is 2.85. The number of amides is 2. The van der Waals surface area contributed by atoms with Crippen LogP contribution in [0.2, 0.25) is 0 Å². The van der Waals surface area contributed by atoms with Gasteiger partial charge < -0.3 is 19.2 Å². The molecule has 1 fully saturated rings. The molecule has 1 aromatic carbocycles. The maximum Gasteiger partial charge on any atom is 0.361 e. The Morgan fingerprint density at radius 3 is 2.40 bits per heavy atom. The van der Waals surface area contributed by atoms with Crippen molar-refractivity contribution in [2.45, 2.75) is 19.3 Å². The number of nitrogens with zero attached hydrogens (tertiary/aromatic N) is 2. The fraction of sp³-hybridized carbons (Fsp3) is 0.294. The molecule has 0 unspecified atom stereocenters. The SMILES string of the molecule is CN(C)c1ccc2c(CC(=O)[O-])c(N3C(=O)CCC3=O)c(=O)oc2c1. The van der Waals surface area contributed by atoms with Gasteiger partial charge in [0.05, 0.1) is 0 Å². The fourth-order valence-electron chi connectivity index (χ4n) is 2.90. The van der Waals surface area contributed by atoms with Gasteiger partial charge in [0, 0.05) is 62.0 Å². The summed E-state index contributed by atoms with van der Waals surface area (Å²) in [6.45, 7) is 0. The topological polar surface area (TPSA) is 111 Å². The Morgan fingerprint density at radius 2 is 1.84 bits per heavy atom. The third kappa shape index (κ3) is 2.86. The van der Waals surface area contributed by atoms with Crippen LogP contribution in [0.1, 0.15) is 18.4 Å². The molecule has 1 aliphatic rings. The molecule has 8 heteroatoms. The third-order valence-electron chi connectivity index (χ3n) is 4.08. The Morgan fingerprint density at radius 1 is 1.20 bits per heavy atom. The normalized spacial score (nSPS) is 14.4. The van der Waals surface area contributed by atoms with Gasteiger partial charge in [-0.3, -0.25) is 9.59 Å². The lowest BCUT2D eigenvalue weighted by atomic mass is 10.0. The van der Waals surface area contributed by atoms with Gasteiger partial charge in [-0.1, -0.05) is 0 Å². The molecule has 3 rings (SSSR count). The molecular weight excluding hydrogens is 328 g/mol. The Labute approximate surface area is 142 Å². The zero-order valence-corrected chi connectivity index (χ0v) is 13.7. The van der Waals surface area contributed by atoms with Crippen LogP contribution in [-0.4, -0.2) is 31.9 Å². The number of anilines is 2. The molecule has 25 heavy (non-hydrogen) atoms. The highest BCUT2D eigenvalue weighted by Crippen LogP contribution is 2.31. The maximum atomic E-state index is 12.5. The molecule has 2 amide bonds. The molecule has 130 valence electrons. The lowest BCUT2D eigenvalue weighted by Gasteiger charge is -2.19. The van der Waals surface area contributed by atoms with Crippen molar-refractivity contribution in [3.8, 4) is 0 Å². The van der Waals surface area contributed by atoms with Crippen molar-refractivity contribution in [3.63, 3.8) is 0 Å². The number of rotatable bonds is 4. The second-order valence-electron chi connectivity index (χ2n) is 5.96. The molecule has 0 radical (unpaired) electrons. The van der Waals surface area contributed by atoms with Crippen LogP contribution in [0, 0.1) is 0 Å². The van der Waals surface area contributed by atoms with E-state index in [1.165, 1.54) is 0 Å². The average molecular weight is 343 g/mol. The van der Waals surface area contributed by atoms with Crippen molar-refractivity contribution in [1.29, 1.82) is 0 Å². The van der Waals surface area contributed by atoms with E-state index in [9.17, 15) is 24.3 Å². The summed E-state index contributed by atoms with van der Waals surface area (Å²) >= 11 is 0. The van der Waals surface area contributed by atoms with E-state index in [4.69, 9.17) is 4.42 Å². The minimum atomic E-state index is -1.43. The van der Waals surface area contributed by atoms with Crippen LogP contribution in [0.25, 0.3) is 11.0 Å². The molecule has 8 nitrogen and oxygen atoms in total. The van der Waals surface area contributed by atoms with E-state index in [0.29, 0.717) is 5.39 Å². The van der Waals surface area contributed by atoms with Crippen molar-refractivity contribution in [3.05, 3.63) is 34.2 Å². The predicted octanol–water partition coefficient (Wildman–Crippen LogP) is -0.195. The predicted molar refractivity (Wildman–Crippen MR) is 87.2 cm³/mol. The second-order valence-corrected chi connectivity index (χ2v) is 5.96. The standard InChI is InChI=1S/C17H16N2O6/c1-18(2)9-3-4-10-11(8-15(22)23)16(17(24)25-12(10)7-9)19-13(20)5-6-14(19)21/h3-4,7H,5-6,8H2,1-2H3,(H,22,23)/p-1. The van der Waals surface area contributed by atoms with E-state index in [2.05, 4.69) is 0 Å². The molecule has 1 aromatic heterocycles. The number of hydrogen-bond acceptors (Lipinski definition) is 7. The minimum absolute atomic E-state index is 0.0271. The summed E-state index contributed by atoms with van der Waals surface area (Å²) in [5.74, 6) is -2.54. The first-order chi connectivity index (χ1) is 11.8. The molecule has 0 atom stereocenters. The van der Waals surface area contributed by atoms with Crippen LogP contribution in [0.5, 0.6) is 0 Å². The lowest BCUT2D eigenvalue weighted by molar-refractivity contribution is -0.304. The number of carboxylic acids is 1. The van der Waals surface area contributed by atoms with Crippen molar-refractivity contribution in [1.82, 2.24) is 0 Å². The Balaban J connectivity index is 2.32. The number of carbonyl (C=O) groups excluding carboxylic acids is 3. The van der Waals surface area contributed by atoms with Crippen molar-refractivity contribution in [2.75, 3.05) is 23.9 Å². The van der Waals surface area contributed by atoms with E-state index in [1.807, 2.05) is 0 Å². The Kier molecular flexibility index (Phi) is 4.03. The summed E-state index contributed by atoms with van der Waals surface area (Å²) in [5.41, 5.74) is -0.295. The van der Waals surface area contributed by atoms with Crippen molar-refractivity contribution < 1.29 is 23.9 Å². The molecule has 2 heterocycles. The zero-order chi connectivity index (χ0) is 18.3. The molecular formula is C17H15N2O6-. The highest BCUT2D eigenvalue weighted by atomic mass is 16.4. The fourth-order valence-corrected chi connectivity index (χ4v) is 2.90. The number of aliphatic carboxylic acids is 1. The first-order valence-electron chi connectivity index (χ1n) is 7.62. The second kappa shape index (κ2) is 6.04. The molecule has 0 spiro atoms. The Hall–Kier alpha value is -3.16. The van der Waals surface area contributed by atoms with Gasteiger partial charge in [0.2, 0.25) is 11.8 Å². The molecule has 0 N–H and O–H groups in total. The maximum absolute atomic E-state index is 12.5. The van der Waals surface area contributed by atoms with E-state index in [1.54, 1.807) is 37.2 Å². The zero-order valence-electron chi connectivity index (χ0n) is 13.7. The summed E-state index contributed by atoms with van der Waals surface area (Å²) in [6.07, 6.45) is -0.670. The summed E-state index contributed by atoms with van der Waals surface area (Å²) in [6, 6.07) is 4.91. The first kappa shape index (κ1) is 16.7. The van der Waals surface area contributed by atoms with Crippen LogP contribution in [0.4, 0.5) is 11.4 Å². The van der Waals surface area contributed by atoms with Crippen LogP contribution in [0.3, 0.4) is 0 Å². The van der Waals surface area contributed by atoms with Gasteiger partial charge >= 0.3 is 5.63 Å². The quantitative estimate of drug-likeness (QED) is 0.558. The lowest BCUT2D eigenvalue weighted by Crippen LogP contribution is -2.35. The van der Waals surface area contributed by atoms with Gasteiger partial charge in [-0.25, -0.2) is 9.69 Å². The third-order valence-corrected chi connectivity index (χ3v) is 4.08. The molecule has 0 aliphatic carbocycles.